The number of benzene rings is 3. The van der Waals surface area contributed by atoms with Crippen molar-refractivity contribution in [3.8, 4) is 16.3 Å². The van der Waals surface area contributed by atoms with Crippen molar-refractivity contribution >= 4 is 87.6 Å². The molecule has 0 unspecified atom stereocenters. The number of hydrogen-bond acceptors (Lipinski definition) is 12. The Labute approximate surface area is 278 Å². The summed E-state index contributed by atoms with van der Waals surface area (Å²) < 4.78 is 69.3. The van der Waals surface area contributed by atoms with E-state index >= 15 is 0 Å². The fourth-order valence-electron chi connectivity index (χ4n) is 5.61. The highest BCUT2D eigenvalue weighted by atomic mass is 32.2. The van der Waals surface area contributed by atoms with E-state index in [-0.39, 0.29) is 43.1 Å². The van der Waals surface area contributed by atoms with Gasteiger partial charge in [-0.05, 0) is 60.9 Å². The van der Waals surface area contributed by atoms with Crippen molar-refractivity contribution < 1.29 is 40.6 Å². The molecule has 0 atom stereocenters. The zero-order valence-electron chi connectivity index (χ0n) is 24.0. The lowest BCUT2D eigenvalue weighted by Gasteiger charge is -2.25. The van der Waals surface area contributed by atoms with Gasteiger partial charge in [-0.1, -0.05) is 17.4 Å². The largest absolute Gasteiger partial charge is 0.478 e. The SMILES string of the molecule is CSc1c2c3c(c(Nc4ccc(C(=O)O)cc4S(=O)(=O)O)ccc3n(-c3nc4ccc(S(=O)(=O)O)cc4s3)c1=O)C(=O)c1ncccc1-2. The number of thioether (sulfide) groups is 1. The molecule has 1 aliphatic carbocycles. The second-order valence-corrected chi connectivity index (χ2v) is 15.0. The summed E-state index contributed by atoms with van der Waals surface area (Å²) in [6.07, 6.45) is 3.09. The fraction of sp³-hybridized carbons (Fsp3) is 0.0333. The van der Waals surface area contributed by atoms with Gasteiger partial charge in [0.15, 0.2) is 5.13 Å². The lowest BCUT2D eigenvalue weighted by Crippen LogP contribution is -2.25. The van der Waals surface area contributed by atoms with Crippen LogP contribution in [-0.4, -0.2) is 63.6 Å². The summed E-state index contributed by atoms with van der Waals surface area (Å²) >= 11 is 2.09. The first-order chi connectivity index (χ1) is 22.7. The lowest BCUT2D eigenvalue weighted by atomic mass is 9.85. The number of aromatic carboxylic acids is 1. The van der Waals surface area contributed by atoms with E-state index in [1.807, 2.05) is 0 Å². The summed E-state index contributed by atoms with van der Waals surface area (Å²) in [5, 5.41) is 12.7. The van der Waals surface area contributed by atoms with E-state index in [4.69, 9.17) is 0 Å². The second-order valence-electron chi connectivity index (χ2n) is 10.4. The number of fused-ring (bicyclic) bond motifs is 3. The fourth-order valence-corrected chi connectivity index (χ4v) is 8.56. The molecule has 0 fully saturated rings. The molecule has 18 heteroatoms. The number of ketones is 1. The number of nitrogens with one attached hydrogen (secondary N) is 1. The molecule has 242 valence electrons. The van der Waals surface area contributed by atoms with Crippen molar-refractivity contribution in [3.05, 3.63) is 94.0 Å². The van der Waals surface area contributed by atoms with E-state index in [9.17, 15) is 45.4 Å². The van der Waals surface area contributed by atoms with Crippen LogP contribution in [0.4, 0.5) is 11.4 Å². The minimum absolute atomic E-state index is 0.0103. The van der Waals surface area contributed by atoms with Gasteiger partial charge in [-0.2, -0.15) is 16.8 Å². The van der Waals surface area contributed by atoms with E-state index in [1.54, 1.807) is 18.4 Å². The molecule has 48 heavy (non-hydrogen) atoms. The summed E-state index contributed by atoms with van der Waals surface area (Å²) in [7, 11) is -9.46. The number of rotatable bonds is 7. The number of hydrogen-bond donors (Lipinski definition) is 4. The molecule has 1 aliphatic rings. The van der Waals surface area contributed by atoms with Crippen molar-refractivity contribution in [3.63, 3.8) is 0 Å². The van der Waals surface area contributed by atoms with Gasteiger partial charge in [0.1, 0.15) is 10.6 Å². The molecule has 14 nitrogen and oxygen atoms in total. The lowest BCUT2D eigenvalue weighted by molar-refractivity contribution is 0.0696. The van der Waals surface area contributed by atoms with Crippen LogP contribution in [0.25, 0.3) is 37.4 Å². The number of nitrogens with zero attached hydrogens (tertiary/aromatic N) is 3. The number of aromatic nitrogens is 3. The summed E-state index contributed by atoms with van der Waals surface area (Å²) in [4.78, 5) is 48.0. The number of anilines is 2. The number of pyridine rings is 2. The van der Waals surface area contributed by atoms with Crippen molar-refractivity contribution in [2.24, 2.45) is 0 Å². The third-order valence-electron chi connectivity index (χ3n) is 7.64. The van der Waals surface area contributed by atoms with Crippen LogP contribution in [0, 0.1) is 0 Å². The van der Waals surface area contributed by atoms with Gasteiger partial charge in [0.2, 0.25) is 5.78 Å². The normalized spacial score (nSPS) is 12.8. The van der Waals surface area contributed by atoms with Crippen LogP contribution in [-0.2, 0) is 20.2 Å². The maximum atomic E-state index is 14.3. The number of carboxylic acids is 1. The number of thiazole rings is 1. The second kappa shape index (κ2) is 11.0. The standard InChI is InChI=1S/C30H18N4O10S4/c1-45-27-22-15-3-2-10-31-25(15)26(35)23-18(32-17-6-4-13(29(37)38)11-21(17)48(42,43)44)8-9-19(24(22)23)34(28(27)36)30-33-16-7-5-14(47(39,40)41)12-20(16)46-30/h2-12,32H,1H3,(H,37,38)(H,39,40,41)(H,42,43,44). The highest BCUT2D eigenvalue weighted by molar-refractivity contribution is 7.98. The van der Waals surface area contributed by atoms with Crippen molar-refractivity contribution in [1.82, 2.24) is 14.5 Å². The maximum Gasteiger partial charge on any atom is 0.335 e. The molecule has 3 aromatic heterocycles. The Kier molecular flexibility index (Phi) is 7.27. The molecule has 4 N–H and O–H groups in total. The molecule has 3 heterocycles. The van der Waals surface area contributed by atoms with Gasteiger partial charge in [0.25, 0.3) is 25.8 Å². The third kappa shape index (κ3) is 4.97. The van der Waals surface area contributed by atoms with Crippen LogP contribution in [0.15, 0.2) is 86.3 Å². The van der Waals surface area contributed by atoms with Crippen LogP contribution >= 0.6 is 23.1 Å². The van der Waals surface area contributed by atoms with E-state index in [1.165, 1.54) is 41.1 Å². The first-order valence-corrected chi connectivity index (χ1v) is 18.4. The molecule has 0 saturated carbocycles. The molecule has 6 aromatic rings. The molecule has 0 aliphatic heterocycles. The van der Waals surface area contributed by atoms with Crippen LogP contribution in [0.2, 0.25) is 0 Å². The van der Waals surface area contributed by atoms with Crippen LogP contribution in [0.3, 0.4) is 0 Å². The zero-order chi connectivity index (χ0) is 34.3. The molecule has 3 aromatic carbocycles. The summed E-state index contributed by atoms with van der Waals surface area (Å²) in [5.41, 5.74) is 0.347. The van der Waals surface area contributed by atoms with Crippen LogP contribution < -0.4 is 10.9 Å². The van der Waals surface area contributed by atoms with Crippen LogP contribution in [0.1, 0.15) is 26.4 Å². The van der Waals surface area contributed by atoms with Crippen molar-refractivity contribution in [2.45, 2.75) is 14.7 Å². The summed E-state index contributed by atoms with van der Waals surface area (Å²) in [6, 6.07) is 13.0. The molecule has 7 rings (SSSR count). The topological polar surface area (TPSA) is 223 Å². The first kappa shape index (κ1) is 31.6. The molecular formula is C30H18N4O10S4. The Morgan fingerprint density at radius 1 is 0.938 bits per heavy atom. The van der Waals surface area contributed by atoms with Gasteiger partial charge in [-0.25, -0.2) is 9.78 Å². The molecule has 0 amide bonds. The highest BCUT2D eigenvalue weighted by Gasteiger charge is 2.34. The maximum absolute atomic E-state index is 14.3. The average molecular weight is 723 g/mol. The van der Waals surface area contributed by atoms with E-state index in [0.29, 0.717) is 26.7 Å². The van der Waals surface area contributed by atoms with Gasteiger partial charge in [-0.3, -0.25) is 28.2 Å². The molecule has 0 saturated heterocycles. The predicted molar refractivity (Wildman–Crippen MR) is 177 cm³/mol. The van der Waals surface area contributed by atoms with E-state index < -0.39 is 48.0 Å². The van der Waals surface area contributed by atoms with Gasteiger partial charge < -0.3 is 10.4 Å². The molecule has 0 bridgehead atoms. The minimum Gasteiger partial charge on any atom is -0.478 e. The van der Waals surface area contributed by atoms with Gasteiger partial charge in [0.05, 0.1) is 48.0 Å². The van der Waals surface area contributed by atoms with E-state index in [0.717, 1.165) is 41.3 Å². The molecule has 0 radical (unpaired) electrons. The smallest absolute Gasteiger partial charge is 0.335 e. The zero-order valence-corrected chi connectivity index (χ0v) is 27.3. The van der Waals surface area contributed by atoms with Crippen molar-refractivity contribution in [1.29, 1.82) is 0 Å². The Balaban J connectivity index is 1.55. The summed E-state index contributed by atoms with van der Waals surface area (Å²) in [6.45, 7) is 0. The number of carbonyl (C=O) groups excluding carboxylic acids is 1. The Hall–Kier alpha value is -4.98. The Bertz CT molecular complexity index is 2720. The highest BCUT2D eigenvalue weighted by Crippen LogP contribution is 2.46. The van der Waals surface area contributed by atoms with E-state index in [2.05, 4.69) is 15.3 Å². The summed E-state index contributed by atoms with van der Waals surface area (Å²) in [5.74, 6) is -2.00. The van der Waals surface area contributed by atoms with Gasteiger partial charge >= 0.3 is 5.97 Å². The third-order valence-corrected chi connectivity index (χ3v) is 11.2. The Morgan fingerprint density at radius 2 is 1.69 bits per heavy atom. The number of carbonyl (C=O) groups is 2. The number of carboxylic acid groups (broad SMARTS) is 1. The predicted octanol–water partition coefficient (Wildman–Crippen LogP) is 4.86. The monoisotopic (exact) mass is 722 g/mol. The molecular weight excluding hydrogens is 705 g/mol. The van der Waals surface area contributed by atoms with Gasteiger partial charge in [-0.15, -0.1) is 11.8 Å². The Morgan fingerprint density at radius 3 is 2.38 bits per heavy atom. The minimum atomic E-state index is -4.94. The average Bonchev–Trinajstić information content (AvgIpc) is 3.46. The van der Waals surface area contributed by atoms with Gasteiger partial charge in [0, 0.05) is 22.7 Å². The molecule has 0 spiro atoms. The van der Waals surface area contributed by atoms with Crippen molar-refractivity contribution in [2.75, 3.05) is 11.6 Å². The quantitative estimate of drug-likeness (QED) is 0.127. The van der Waals surface area contributed by atoms with Crippen LogP contribution in [0.5, 0.6) is 0 Å². The first-order valence-electron chi connectivity index (χ1n) is 13.5.